The summed E-state index contributed by atoms with van der Waals surface area (Å²) in [5.74, 6) is -0.583. The molecule has 3 rings (SSSR count). The van der Waals surface area contributed by atoms with Crippen LogP contribution in [0.15, 0.2) is 44.9 Å². The fourth-order valence-electron chi connectivity index (χ4n) is 3.09. The summed E-state index contributed by atoms with van der Waals surface area (Å²) < 4.78 is 42.2. The number of nitrogens with zero attached hydrogens (tertiary/aromatic N) is 1. The van der Waals surface area contributed by atoms with Crippen molar-refractivity contribution in [3.05, 3.63) is 62.4 Å². The van der Waals surface area contributed by atoms with E-state index in [4.69, 9.17) is 13.7 Å². The maximum Gasteiger partial charge on any atom is 0.330 e. The Balaban J connectivity index is 1.79. The van der Waals surface area contributed by atoms with Crippen LogP contribution in [0.2, 0.25) is 0 Å². The lowest BCUT2D eigenvalue weighted by atomic mass is 10.2. The highest BCUT2D eigenvalue weighted by atomic mass is 32.2. The molecule has 0 aliphatic carbocycles. The first kappa shape index (κ1) is 21.9. The summed E-state index contributed by atoms with van der Waals surface area (Å²) in [7, 11) is -4.06. The summed E-state index contributed by atoms with van der Waals surface area (Å²) in [6, 6.07) is 6.14. The van der Waals surface area contributed by atoms with Gasteiger partial charge in [0, 0.05) is 25.1 Å². The molecule has 0 spiro atoms. The number of carbonyl (C=O) groups is 1. The zero-order chi connectivity index (χ0) is 22.1. The number of H-pyrrole nitrogens is 1. The molecule has 11 heteroatoms. The minimum Gasteiger partial charge on any atom is -0.460 e. The molecule has 0 saturated carbocycles. The van der Waals surface area contributed by atoms with E-state index in [1.54, 1.807) is 12.1 Å². The minimum absolute atomic E-state index is 0.0147. The van der Waals surface area contributed by atoms with Crippen molar-refractivity contribution in [1.29, 1.82) is 0 Å². The predicted molar refractivity (Wildman–Crippen MR) is 104 cm³/mol. The Bertz CT molecular complexity index is 1150. The molecule has 162 valence electrons. The first-order valence-electron chi connectivity index (χ1n) is 9.17. The van der Waals surface area contributed by atoms with Gasteiger partial charge in [-0.25, -0.2) is 4.79 Å². The van der Waals surface area contributed by atoms with E-state index < -0.39 is 52.4 Å². The maximum absolute atomic E-state index is 12.4. The number of aromatic amines is 1. The van der Waals surface area contributed by atoms with Gasteiger partial charge in [-0.3, -0.25) is 23.3 Å². The summed E-state index contributed by atoms with van der Waals surface area (Å²) in [6.07, 6.45) is -1.21. The van der Waals surface area contributed by atoms with Crippen molar-refractivity contribution in [1.82, 2.24) is 9.55 Å². The van der Waals surface area contributed by atoms with E-state index in [0.29, 0.717) is 5.56 Å². The first-order valence-corrected chi connectivity index (χ1v) is 10.6. The third kappa shape index (κ3) is 4.86. The second-order valence-electron chi connectivity index (χ2n) is 7.04. The molecule has 1 fully saturated rings. The van der Waals surface area contributed by atoms with Crippen LogP contribution in [-0.4, -0.2) is 42.8 Å². The van der Waals surface area contributed by atoms with Crippen LogP contribution in [0.1, 0.15) is 30.7 Å². The summed E-state index contributed by atoms with van der Waals surface area (Å²) in [6.45, 7) is 4.16. The fourth-order valence-corrected chi connectivity index (χ4v) is 4.01. The SMILES string of the molecule is CC(=O)O[C@H]1C[C@H](n2cc(C)c(=O)[nH]c2=O)O[C@@H]1COS(=O)(=O)c1ccc(C)cc1. The van der Waals surface area contributed by atoms with Crippen molar-refractivity contribution in [2.75, 3.05) is 6.61 Å². The van der Waals surface area contributed by atoms with Gasteiger partial charge in [-0.2, -0.15) is 8.42 Å². The number of benzene rings is 1. The Morgan fingerprint density at radius 3 is 2.53 bits per heavy atom. The van der Waals surface area contributed by atoms with Crippen LogP contribution in [0.5, 0.6) is 0 Å². The number of aromatic nitrogens is 2. The van der Waals surface area contributed by atoms with Crippen molar-refractivity contribution >= 4 is 16.1 Å². The number of ether oxygens (including phenoxy) is 2. The highest BCUT2D eigenvalue weighted by molar-refractivity contribution is 7.86. The van der Waals surface area contributed by atoms with E-state index in [1.165, 1.54) is 36.7 Å². The van der Waals surface area contributed by atoms with E-state index in [9.17, 15) is 22.8 Å². The van der Waals surface area contributed by atoms with Gasteiger partial charge in [-0.1, -0.05) is 17.7 Å². The molecule has 10 nitrogen and oxygen atoms in total. The Morgan fingerprint density at radius 1 is 1.23 bits per heavy atom. The van der Waals surface area contributed by atoms with Gasteiger partial charge in [0.2, 0.25) is 0 Å². The molecule has 1 aromatic carbocycles. The van der Waals surface area contributed by atoms with Crippen molar-refractivity contribution in [2.24, 2.45) is 0 Å². The van der Waals surface area contributed by atoms with Gasteiger partial charge < -0.3 is 9.47 Å². The highest BCUT2D eigenvalue weighted by Gasteiger charge is 2.40. The standard InChI is InChI=1S/C19H22N2O8S/c1-11-4-6-14(7-5-11)30(25,26)27-10-16-15(28-13(3)22)8-17(29-16)21-9-12(2)18(23)20-19(21)24/h4-7,9,15-17H,8,10H2,1-3H3,(H,20,23,24)/t15-,16+,17+/m0/s1. The van der Waals surface area contributed by atoms with Gasteiger partial charge in [0.05, 0.1) is 11.5 Å². The molecule has 1 aliphatic heterocycles. The molecule has 30 heavy (non-hydrogen) atoms. The van der Waals surface area contributed by atoms with Gasteiger partial charge in [0.1, 0.15) is 18.4 Å². The molecule has 2 aromatic rings. The minimum atomic E-state index is -4.06. The zero-order valence-corrected chi connectivity index (χ0v) is 17.5. The first-order chi connectivity index (χ1) is 14.1. The molecule has 0 radical (unpaired) electrons. The molecule has 0 amide bonds. The number of carbonyl (C=O) groups excluding carboxylic acids is 1. The van der Waals surface area contributed by atoms with E-state index in [-0.39, 0.29) is 11.3 Å². The average Bonchev–Trinajstić information content (AvgIpc) is 3.05. The normalized spacial score (nSPS) is 21.5. The molecule has 0 unspecified atom stereocenters. The lowest BCUT2D eigenvalue weighted by Crippen LogP contribution is -2.33. The van der Waals surface area contributed by atoms with Gasteiger partial charge in [-0.05, 0) is 26.0 Å². The Labute approximate surface area is 172 Å². The number of rotatable bonds is 6. The Hall–Kier alpha value is -2.76. The smallest absolute Gasteiger partial charge is 0.330 e. The molecule has 2 heterocycles. The molecule has 1 saturated heterocycles. The predicted octanol–water partition coefficient (Wildman–Crippen LogP) is 0.778. The average molecular weight is 438 g/mol. The molecule has 3 atom stereocenters. The van der Waals surface area contributed by atoms with E-state index in [1.807, 2.05) is 6.92 Å². The highest BCUT2D eigenvalue weighted by Crippen LogP contribution is 2.31. The number of hydrogen-bond donors (Lipinski definition) is 1. The van der Waals surface area contributed by atoms with Crippen LogP contribution in [0, 0.1) is 13.8 Å². The summed E-state index contributed by atoms with van der Waals surface area (Å²) in [5.41, 5.74) is -0.0164. The number of esters is 1. The third-order valence-corrected chi connectivity index (χ3v) is 5.95. The van der Waals surface area contributed by atoms with Crippen molar-refractivity contribution in [3.8, 4) is 0 Å². The van der Waals surface area contributed by atoms with Crippen LogP contribution in [0.4, 0.5) is 0 Å². The summed E-state index contributed by atoms with van der Waals surface area (Å²) in [5, 5.41) is 0. The van der Waals surface area contributed by atoms with Crippen molar-refractivity contribution < 1.29 is 26.9 Å². The molecule has 0 bridgehead atoms. The summed E-state index contributed by atoms with van der Waals surface area (Å²) >= 11 is 0. The lowest BCUT2D eigenvalue weighted by molar-refractivity contribution is -0.150. The second-order valence-corrected chi connectivity index (χ2v) is 8.66. The van der Waals surface area contributed by atoms with Gasteiger partial charge >= 0.3 is 11.7 Å². The second kappa shape index (κ2) is 8.54. The quantitative estimate of drug-likeness (QED) is 0.517. The van der Waals surface area contributed by atoms with Crippen LogP contribution >= 0.6 is 0 Å². The van der Waals surface area contributed by atoms with Crippen molar-refractivity contribution in [2.45, 2.75) is 50.5 Å². The largest absolute Gasteiger partial charge is 0.460 e. The molecule has 1 aromatic heterocycles. The van der Waals surface area contributed by atoms with Crippen LogP contribution in [0.25, 0.3) is 0 Å². The van der Waals surface area contributed by atoms with Gasteiger partial charge in [-0.15, -0.1) is 0 Å². The van der Waals surface area contributed by atoms with E-state index in [2.05, 4.69) is 4.98 Å². The number of nitrogens with one attached hydrogen (secondary N) is 1. The Kier molecular flexibility index (Phi) is 6.25. The van der Waals surface area contributed by atoms with E-state index >= 15 is 0 Å². The molecule has 1 N–H and O–H groups in total. The molecule has 1 aliphatic rings. The molecular weight excluding hydrogens is 416 g/mol. The Morgan fingerprint density at radius 2 is 1.90 bits per heavy atom. The van der Waals surface area contributed by atoms with Gasteiger partial charge in [0.15, 0.2) is 0 Å². The molecular formula is C19H22N2O8S. The third-order valence-electron chi connectivity index (χ3n) is 4.65. The topological polar surface area (TPSA) is 134 Å². The maximum atomic E-state index is 12.4. The monoisotopic (exact) mass is 438 g/mol. The number of hydrogen-bond acceptors (Lipinski definition) is 8. The van der Waals surface area contributed by atoms with Crippen molar-refractivity contribution in [3.63, 3.8) is 0 Å². The van der Waals surface area contributed by atoms with Crippen LogP contribution in [0.3, 0.4) is 0 Å². The summed E-state index contributed by atoms with van der Waals surface area (Å²) in [4.78, 5) is 37.3. The zero-order valence-electron chi connectivity index (χ0n) is 16.7. The van der Waals surface area contributed by atoms with E-state index in [0.717, 1.165) is 5.56 Å². The van der Waals surface area contributed by atoms with Gasteiger partial charge in [0.25, 0.3) is 15.7 Å². The number of aryl methyl sites for hydroxylation is 2. The van der Waals surface area contributed by atoms with Crippen LogP contribution < -0.4 is 11.2 Å². The lowest BCUT2D eigenvalue weighted by Gasteiger charge is -2.18. The van der Waals surface area contributed by atoms with Crippen LogP contribution in [-0.2, 0) is 28.6 Å². The fraction of sp³-hybridized carbons (Fsp3) is 0.421.